The van der Waals surface area contributed by atoms with Crippen LogP contribution in [0.2, 0.25) is 0 Å². The molecule has 6 nitrogen and oxygen atoms in total. The molecule has 4 rings (SSSR count). The number of nitrogens with zero attached hydrogens (tertiary/aromatic N) is 4. The van der Waals surface area contributed by atoms with E-state index >= 15 is 0 Å². The maximum absolute atomic E-state index is 13.5. The first-order chi connectivity index (χ1) is 14.5. The molecule has 1 aliphatic rings. The van der Waals surface area contributed by atoms with Crippen molar-refractivity contribution in [3.05, 3.63) is 67.0 Å². The number of aromatic nitrogens is 2. The molecule has 1 saturated heterocycles. The Morgan fingerprint density at radius 1 is 1.10 bits per heavy atom. The fourth-order valence-corrected chi connectivity index (χ4v) is 5.72. The Morgan fingerprint density at radius 2 is 1.87 bits per heavy atom. The zero-order valence-electron chi connectivity index (χ0n) is 16.4. The minimum atomic E-state index is -3.69. The van der Waals surface area contributed by atoms with Crippen LogP contribution in [0.15, 0.2) is 71.2 Å². The van der Waals surface area contributed by atoms with Gasteiger partial charge in [-0.1, -0.05) is 36.0 Å². The largest absolute Gasteiger partial charge is 0.305 e. The molecule has 0 N–H and O–H groups in total. The monoisotopic (exact) mass is 446 g/mol. The molecule has 0 amide bonds. The lowest BCUT2D eigenvalue weighted by atomic mass is 10.3. The van der Waals surface area contributed by atoms with Crippen molar-refractivity contribution in [2.45, 2.75) is 16.7 Å². The number of piperazine rings is 1. The molecule has 9 heteroatoms. The Balaban J connectivity index is 1.48. The molecule has 0 atom stereocenters. The highest BCUT2D eigenvalue weighted by Crippen LogP contribution is 2.25. The van der Waals surface area contributed by atoms with Gasteiger partial charge in [-0.25, -0.2) is 17.8 Å². The summed E-state index contributed by atoms with van der Waals surface area (Å²) in [6.07, 6.45) is 1.85. The predicted octanol–water partition coefficient (Wildman–Crippen LogP) is 3.42. The van der Waals surface area contributed by atoms with Crippen molar-refractivity contribution >= 4 is 32.8 Å². The molecule has 1 fully saturated rings. The van der Waals surface area contributed by atoms with Crippen LogP contribution in [0.1, 0.15) is 0 Å². The van der Waals surface area contributed by atoms with Crippen LogP contribution in [0.5, 0.6) is 0 Å². The average Bonchev–Trinajstić information content (AvgIpc) is 3.10. The van der Waals surface area contributed by atoms with E-state index in [0.717, 1.165) is 28.0 Å². The number of imidazole rings is 1. The van der Waals surface area contributed by atoms with Gasteiger partial charge in [0.2, 0.25) is 10.0 Å². The topological polar surface area (TPSA) is 58.4 Å². The molecule has 2 aromatic carbocycles. The molecular weight excluding hydrogens is 423 g/mol. The average molecular weight is 447 g/mol. The lowest BCUT2D eigenvalue weighted by Crippen LogP contribution is -2.48. The summed E-state index contributed by atoms with van der Waals surface area (Å²) in [6.45, 7) is 6.32. The molecule has 0 aliphatic carbocycles. The van der Waals surface area contributed by atoms with Gasteiger partial charge in [-0.15, -0.1) is 6.58 Å². The molecule has 158 valence electrons. The molecule has 0 radical (unpaired) electrons. The fourth-order valence-electron chi connectivity index (χ4n) is 3.52. The van der Waals surface area contributed by atoms with Crippen molar-refractivity contribution in [3.63, 3.8) is 0 Å². The minimum absolute atomic E-state index is 0.000310. The van der Waals surface area contributed by atoms with Crippen molar-refractivity contribution in [1.29, 1.82) is 0 Å². The van der Waals surface area contributed by atoms with Gasteiger partial charge < -0.3 is 4.57 Å². The van der Waals surface area contributed by atoms with E-state index in [1.54, 1.807) is 11.8 Å². The van der Waals surface area contributed by atoms with Crippen LogP contribution in [-0.2, 0) is 16.7 Å². The maximum atomic E-state index is 13.5. The Hall–Kier alpha value is -2.20. The van der Waals surface area contributed by atoms with Crippen LogP contribution < -0.4 is 0 Å². The summed E-state index contributed by atoms with van der Waals surface area (Å²) in [6, 6.07) is 13.2. The Kier molecular flexibility index (Phi) is 6.24. The van der Waals surface area contributed by atoms with Gasteiger partial charge in [0.25, 0.3) is 0 Å². The van der Waals surface area contributed by atoms with Crippen LogP contribution in [0.25, 0.3) is 11.0 Å². The van der Waals surface area contributed by atoms with Gasteiger partial charge >= 0.3 is 0 Å². The van der Waals surface area contributed by atoms with Crippen LogP contribution >= 0.6 is 11.8 Å². The summed E-state index contributed by atoms with van der Waals surface area (Å²) >= 11 is 1.63. The van der Waals surface area contributed by atoms with E-state index in [0.29, 0.717) is 32.8 Å². The number of benzene rings is 2. The molecular formula is C21H23FN4O2S2. The number of sulfonamides is 1. The second-order valence-corrected chi connectivity index (χ2v) is 9.96. The summed E-state index contributed by atoms with van der Waals surface area (Å²) in [5, 5.41) is 0.922. The Morgan fingerprint density at radius 3 is 2.60 bits per heavy atom. The standard InChI is InChI=1S/C21H23FN4O2S2/c1-2-14-29-21-23-19-8-3-4-9-20(19)26(21)16-24-10-12-25(13-11-24)30(27,28)18-7-5-6-17(22)15-18/h2-9,15H,1,10-14,16H2. The first-order valence-corrected chi connectivity index (χ1v) is 12.1. The van der Waals surface area contributed by atoms with E-state index in [1.165, 1.54) is 22.5 Å². The molecule has 30 heavy (non-hydrogen) atoms. The lowest BCUT2D eigenvalue weighted by Gasteiger charge is -2.34. The quantitative estimate of drug-likeness (QED) is 0.411. The molecule has 0 spiro atoms. The van der Waals surface area contributed by atoms with E-state index in [1.807, 2.05) is 30.3 Å². The number of rotatable bonds is 7. The number of thioether (sulfide) groups is 1. The fraction of sp³-hybridized carbons (Fsp3) is 0.286. The van der Waals surface area contributed by atoms with Crippen LogP contribution in [0.3, 0.4) is 0 Å². The Labute approximate surface area is 180 Å². The van der Waals surface area contributed by atoms with E-state index in [-0.39, 0.29) is 4.90 Å². The molecule has 0 bridgehead atoms. The first kappa shape index (κ1) is 21.0. The summed E-state index contributed by atoms with van der Waals surface area (Å²) in [4.78, 5) is 6.94. The zero-order chi connectivity index (χ0) is 21.1. The van der Waals surface area contributed by atoms with Crippen molar-refractivity contribution in [2.24, 2.45) is 0 Å². The van der Waals surface area contributed by atoms with Gasteiger partial charge in [-0.3, -0.25) is 4.90 Å². The summed E-state index contributed by atoms with van der Waals surface area (Å²) in [7, 11) is -3.69. The van der Waals surface area contributed by atoms with Crippen molar-refractivity contribution in [2.75, 3.05) is 31.9 Å². The first-order valence-electron chi connectivity index (χ1n) is 9.66. The summed E-state index contributed by atoms with van der Waals surface area (Å²) in [5.41, 5.74) is 2.00. The lowest BCUT2D eigenvalue weighted by molar-refractivity contribution is 0.150. The van der Waals surface area contributed by atoms with Crippen molar-refractivity contribution < 1.29 is 12.8 Å². The third-order valence-electron chi connectivity index (χ3n) is 5.06. The van der Waals surface area contributed by atoms with Gasteiger partial charge in [0, 0.05) is 31.9 Å². The third kappa shape index (κ3) is 4.29. The predicted molar refractivity (Wildman–Crippen MR) is 117 cm³/mol. The molecule has 0 unspecified atom stereocenters. The highest BCUT2D eigenvalue weighted by molar-refractivity contribution is 7.99. The highest BCUT2D eigenvalue weighted by Gasteiger charge is 2.29. The van der Waals surface area contributed by atoms with E-state index in [2.05, 4.69) is 16.0 Å². The number of fused-ring (bicyclic) bond motifs is 1. The molecule has 1 aromatic heterocycles. The van der Waals surface area contributed by atoms with Gasteiger partial charge in [0.1, 0.15) is 5.82 Å². The smallest absolute Gasteiger partial charge is 0.243 e. The third-order valence-corrected chi connectivity index (χ3v) is 7.92. The van der Waals surface area contributed by atoms with E-state index < -0.39 is 15.8 Å². The minimum Gasteiger partial charge on any atom is -0.305 e. The number of para-hydroxylation sites is 2. The second-order valence-electron chi connectivity index (χ2n) is 7.03. The SMILES string of the molecule is C=CCSc1nc2ccccc2n1CN1CCN(S(=O)(=O)c2cccc(F)c2)CC1. The normalized spacial score (nSPS) is 16.2. The molecule has 0 saturated carbocycles. The van der Waals surface area contributed by atoms with E-state index in [4.69, 9.17) is 4.98 Å². The van der Waals surface area contributed by atoms with Gasteiger partial charge in [-0.05, 0) is 30.3 Å². The maximum Gasteiger partial charge on any atom is 0.243 e. The number of hydrogen-bond acceptors (Lipinski definition) is 5. The van der Waals surface area contributed by atoms with Crippen LogP contribution in [-0.4, -0.2) is 59.1 Å². The van der Waals surface area contributed by atoms with Crippen molar-refractivity contribution in [1.82, 2.24) is 18.8 Å². The van der Waals surface area contributed by atoms with Gasteiger partial charge in [-0.2, -0.15) is 4.31 Å². The summed E-state index contributed by atoms with van der Waals surface area (Å²) in [5.74, 6) is 0.217. The summed E-state index contributed by atoms with van der Waals surface area (Å²) < 4.78 is 42.7. The van der Waals surface area contributed by atoms with Crippen LogP contribution in [0.4, 0.5) is 4.39 Å². The molecule has 2 heterocycles. The zero-order valence-corrected chi connectivity index (χ0v) is 18.1. The highest BCUT2D eigenvalue weighted by atomic mass is 32.2. The van der Waals surface area contributed by atoms with E-state index in [9.17, 15) is 12.8 Å². The number of hydrogen-bond donors (Lipinski definition) is 0. The van der Waals surface area contributed by atoms with Gasteiger partial charge in [0.05, 0.1) is 22.6 Å². The second kappa shape index (κ2) is 8.89. The molecule has 3 aromatic rings. The molecule has 1 aliphatic heterocycles. The Bertz CT molecular complexity index is 1150. The van der Waals surface area contributed by atoms with Crippen LogP contribution in [0, 0.1) is 5.82 Å². The number of halogens is 1. The van der Waals surface area contributed by atoms with Crippen molar-refractivity contribution in [3.8, 4) is 0 Å². The van der Waals surface area contributed by atoms with Gasteiger partial charge in [0.15, 0.2) is 5.16 Å².